The number of nitrogen functional groups attached to an aromatic ring is 1. The largest absolute Gasteiger partial charge is 0.383 e. The summed E-state index contributed by atoms with van der Waals surface area (Å²) in [5.41, 5.74) is 9.60. The molecule has 0 unspecified atom stereocenters. The van der Waals surface area contributed by atoms with Crippen LogP contribution in [0.3, 0.4) is 0 Å². The Hall–Kier alpha value is -3.12. The van der Waals surface area contributed by atoms with Crippen LogP contribution in [0.15, 0.2) is 54.7 Å². The van der Waals surface area contributed by atoms with Gasteiger partial charge in [0.1, 0.15) is 17.2 Å². The maximum absolute atomic E-state index is 7.43. The molecule has 130 valence electrons. The lowest BCUT2D eigenvalue weighted by atomic mass is 10.2. The van der Waals surface area contributed by atoms with E-state index in [1.165, 1.54) is 0 Å². The van der Waals surface area contributed by atoms with E-state index >= 15 is 0 Å². The fourth-order valence-electron chi connectivity index (χ4n) is 2.79. The maximum Gasteiger partial charge on any atom is 0.167 e. The van der Waals surface area contributed by atoms with Crippen LogP contribution in [0.1, 0.15) is 9.68 Å². The minimum Gasteiger partial charge on any atom is -0.383 e. The van der Waals surface area contributed by atoms with Crippen molar-refractivity contribution < 1.29 is 4.11 Å². The van der Waals surface area contributed by atoms with E-state index in [-0.39, 0.29) is 5.82 Å². The zero-order chi connectivity index (χ0) is 20.6. The molecule has 0 aliphatic carbocycles. The number of benzene rings is 1. The molecule has 7 heteroatoms. The quantitative estimate of drug-likeness (QED) is 0.535. The summed E-state index contributed by atoms with van der Waals surface area (Å²) in [5, 5.41) is 2.42. The van der Waals surface area contributed by atoms with Gasteiger partial charge in [0.2, 0.25) is 0 Å². The van der Waals surface area contributed by atoms with Crippen molar-refractivity contribution in [2.75, 3.05) is 18.0 Å². The highest BCUT2D eigenvalue weighted by molar-refractivity contribution is 6.17. The number of imidazole rings is 1. The van der Waals surface area contributed by atoms with Crippen molar-refractivity contribution in [3.05, 3.63) is 60.3 Å². The van der Waals surface area contributed by atoms with Gasteiger partial charge >= 0.3 is 0 Å². The van der Waals surface area contributed by atoms with Crippen LogP contribution in [0.5, 0.6) is 0 Å². The van der Waals surface area contributed by atoms with E-state index in [1.807, 2.05) is 34.9 Å². The molecule has 0 aliphatic rings. The van der Waals surface area contributed by atoms with Crippen LogP contribution in [0, 0.1) is 0 Å². The molecule has 0 bridgehead atoms. The van der Waals surface area contributed by atoms with Crippen molar-refractivity contribution in [3.8, 4) is 17.1 Å². The van der Waals surface area contributed by atoms with Gasteiger partial charge in [-0.2, -0.15) is 0 Å². The standard InChI is InChI=1S/C19H17ClN6/c1-22-16-9-8-15-19(25-16)26(13-6-4-12(11-20)5-7-13)18(24-15)14-3-2-10-23-17(14)21/h2-10H,11H2,1H3,(H2,21,23)(H,22,25)/i1D3. The lowest BCUT2D eigenvalue weighted by Gasteiger charge is -2.11. The highest BCUT2D eigenvalue weighted by Gasteiger charge is 2.18. The monoisotopic (exact) mass is 367 g/mol. The highest BCUT2D eigenvalue weighted by Crippen LogP contribution is 2.30. The summed E-state index contributed by atoms with van der Waals surface area (Å²) in [6.45, 7) is -2.36. The van der Waals surface area contributed by atoms with Crippen molar-refractivity contribution in [2.24, 2.45) is 0 Å². The van der Waals surface area contributed by atoms with Crippen LogP contribution >= 0.6 is 11.6 Å². The van der Waals surface area contributed by atoms with Gasteiger partial charge in [-0.15, -0.1) is 11.6 Å². The van der Waals surface area contributed by atoms with E-state index in [0.717, 1.165) is 11.3 Å². The van der Waals surface area contributed by atoms with Gasteiger partial charge in [-0.3, -0.25) is 4.57 Å². The molecule has 0 aliphatic heterocycles. The molecule has 3 aromatic heterocycles. The van der Waals surface area contributed by atoms with Gasteiger partial charge in [0.25, 0.3) is 0 Å². The lowest BCUT2D eigenvalue weighted by molar-refractivity contribution is 1.07. The van der Waals surface area contributed by atoms with Crippen molar-refractivity contribution in [1.29, 1.82) is 0 Å². The molecular formula is C19H17ClN6. The molecule has 26 heavy (non-hydrogen) atoms. The zero-order valence-corrected chi connectivity index (χ0v) is 14.4. The van der Waals surface area contributed by atoms with E-state index < -0.39 is 6.98 Å². The van der Waals surface area contributed by atoms with E-state index in [1.54, 1.807) is 24.4 Å². The number of nitrogens with two attached hydrogens (primary N) is 1. The number of fused-ring (bicyclic) bond motifs is 1. The second-order valence-corrected chi connectivity index (χ2v) is 5.94. The van der Waals surface area contributed by atoms with Gasteiger partial charge in [0.15, 0.2) is 11.5 Å². The SMILES string of the molecule is [2H]C([2H])([2H])Nc1ccc2nc(-c3cccnc3N)n(-c3ccc(CCl)cc3)c2n1. The average Bonchev–Trinajstić information content (AvgIpc) is 3.05. The van der Waals surface area contributed by atoms with E-state index in [0.29, 0.717) is 34.2 Å². The summed E-state index contributed by atoms with van der Waals surface area (Å²) < 4.78 is 24.1. The maximum atomic E-state index is 7.43. The third-order valence-corrected chi connectivity index (χ3v) is 4.37. The molecule has 0 saturated carbocycles. The fourth-order valence-corrected chi connectivity index (χ4v) is 2.97. The molecule has 1 aromatic carbocycles. The first-order chi connectivity index (χ1) is 13.9. The summed E-state index contributed by atoms with van der Waals surface area (Å²) in [7, 11) is 0. The van der Waals surface area contributed by atoms with E-state index in [4.69, 9.17) is 21.4 Å². The molecule has 0 saturated heterocycles. The normalized spacial score (nSPS) is 13.2. The Labute approximate surface area is 159 Å². The molecular weight excluding hydrogens is 348 g/mol. The molecule has 0 amide bonds. The summed E-state index contributed by atoms with van der Waals surface area (Å²) >= 11 is 5.91. The smallest absolute Gasteiger partial charge is 0.167 e. The van der Waals surface area contributed by atoms with Crippen LogP contribution < -0.4 is 11.1 Å². The molecule has 0 radical (unpaired) electrons. The predicted molar refractivity (Wildman–Crippen MR) is 106 cm³/mol. The van der Waals surface area contributed by atoms with Crippen molar-refractivity contribution in [1.82, 2.24) is 19.5 Å². The minimum atomic E-state index is -2.36. The highest BCUT2D eigenvalue weighted by atomic mass is 35.5. The van der Waals surface area contributed by atoms with E-state index in [2.05, 4.69) is 20.3 Å². The van der Waals surface area contributed by atoms with Crippen molar-refractivity contribution in [3.63, 3.8) is 0 Å². The summed E-state index contributed by atoms with van der Waals surface area (Å²) in [6.07, 6.45) is 1.61. The molecule has 0 spiro atoms. The Kier molecular flexibility index (Phi) is 3.36. The third kappa shape index (κ3) is 2.74. The number of nitrogens with one attached hydrogen (secondary N) is 1. The average molecular weight is 368 g/mol. The predicted octanol–water partition coefficient (Wildman–Crippen LogP) is 3.85. The van der Waals surface area contributed by atoms with Crippen LogP contribution in [-0.4, -0.2) is 26.5 Å². The van der Waals surface area contributed by atoms with Gasteiger partial charge in [0, 0.05) is 28.9 Å². The van der Waals surface area contributed by atoms with Crippen molar-refractivity contribution in [2.45, 2.75) is 5.88 Å². The number of nitrogens with zero attached hydrogens (tertiary/aromatic N) is 4. The lowest BCUT2D eigenvalue weighted by Crippen LogP contribution is -2.02. The summed E-state index contributed by atoms with van der Waals surface area (Å²) in [6, 6.07) is 14.5. The number of alkyl halides is 1. The van der Waals surface area contributed by atoms with Gasteiger partial charge in [-0.1, -0.05) is 12.1 Å². The fraction of sp³-hybridized carbons (Fsp3) is 0.105. The summed E-state index contributed by atoms with van der Waals surface area (Å²) in [5.74, 6) is 1.52. The third-order valence-electron chi connectivity index (χ3n) is 4.06. The molecule has 6 nitrogen and oxygen atoms in total. The van der Waals surface area contributed by atoms with E-state index in [9.17, 15) is 0 Å². The molecule has 4 rings (SSSR count). The number of rotatable bonds is 4. The molecule has 4 aromatic rings. The van der Waals surface area contributed by atoms with Gasteiger partial charge in [0.05, 0.1) is 5.56 Å². The first kappa shape index (κ1) is 13.1. The van der Waals surface area contributed by atoms with Crippen molar-refractivity contribution >= 4 is 34.4 Å². The zero-order valence-electron chi connectivity index (χ0n) is 16.6. The molecule has 0 fully saturated rings. The number of anilines is 2. The first-order valence-electron chi connectivity index (χ1n) is 9.39. The van der Waals surface area contributed by atoms with Crippen LogP contribution in [0.2, 0.25) is 0 Å². The number of pyridine rings is 2. The summed E-state index contributed by atoms with van der Waals surface area (Å²) in [4.78, 5) is 13.3. The number of hydrogen-bond acceptors (Lipinski definition) is 5. The van der Waals surface area contributed by atoms with Crippen LogP contribution in [0.25, 0.3) is 28.2 Å². The first-order valence-corrected chi connectivity index (χ1v) is 8.43. The topological polar surface area (TPSA) is 81.6 Å². The van der Waals surface area contributed by atoms with Gasteiger partial charge < -0.3 is 11.1 Å². The van der Waals surface area contributed by atoms with Gasteiger partial charge in [-0.05, 0) is 42.0 Å². The number of halogens is 1. The number of aromatic nitrogens is 4. The minimum absolute atomic E-state index is 0.224. The Bertz CT molecular complexity index is 1170. The molecule has 3 N–H and O–H groups in total. The Morgan fingerprint density at radius 3 is 2.73 bits per heavy atom. The van der Waals surface area contributed by atoms with Crippen LogP contribution in [0.4, 0.5) is 11.6 Å². The molecule has 3 heterocycles. The molecule has 0 atom stereocenters. The Morgan fingerprint density at radius 1 is 1.15 bits per heavy atom. The number of hydrogen-bond donors (Lipinski definition) is 2. The Balaban J connectivity index is 1.97. The second kappa shape index (κ2) is 6.65. The van der Waals surface area contributed by atoms with Crippen LogP contribution in [-0.2, 0) is 5.88 Å². The Morgan fingerprint density at radius 2 is 2.00 bits per heavy atom. The van der Waals surface area contributed by atoms with Gasteiger partial charge in [-0.25, -0.2) is 15.0 Å². The second-order valence-electron chi connectivity index (χ2n) is 5.67.